The Balaban J connectivity index is 1.70. The van der Waals surface area contributed by atoms with E-state index in [1.54, 1.807) is 6.20 Å². The first-order chi connectivity index (χ1) is 8.34. The summed E-state index contributed by atoms with van der Waals surface area (Å²) in [6.07, 6.45) is 3.12. The third kappa shape index (κ3) is 3.69. The number of hydrogen-bond acceptors (Lipinski definition) is 4. The van der Waals surface area contributed by atoms with Crippen LogP contribution in [0, 0.1) is 0 Å². The standard InChI is InChI=1S/C11H12N4O2/c16-11(8-15-7-6-12-14-15)13-17-9-10-4-2-1-3-5-10/h1-7H,8-9H2,(H,13,16). The zero-order valence-electron chi connectivity index (χ0n) is 9.11. The fraction of sp³-hybridized carbons (Fsp3) is 0.182. The highest BCUT2D eigenvalue weighted by atomic mass is 16.6. The first kappa shape index (κ1) is 11.3. The van der Waals surface area contributed by atoms with E-state index in [0.29, 0.717) is 6.61 Å². The molecule has 1 heterocycles. The van der Waals surface area contributed by atoms with Gasteiger partial charge < -0.3 is 0 Å². The van der Waals surface area contributed by atoms with Crippen LogP contribution in [0.25, 0.3) is 0 Å². The summed E-state index contributed by atoms with van der Waals surface area (Å²) in [5.74, 6) is -0.272. The van der Waals surface area contributed by atoms with Crippen molar-refractivity contribution in [2.45, 2.75) is 13.2 Å². The second-order valence-electron chi connectivity index (χ2n) is 3.40. The molecule has 0 fully saturated rings. The smallest absolute Gasteiger partial charge is 0.265 e. The number of hydrogen-bond donors (Lipinski definition) is 1. The molecule has 6 heteroatoms. The van der Waals surface area contributed by atoms with Crippen LogP contribution in [0.3, 0.4) is 0 Å². The average Bonchev–Trinajstić information content (AvgIpc) is 2.83. The molecule has 0 saturated carbocycles. The average molecular weight is 232 g/mol. The Labute approximate surface area is 98.2 Å². The number of amides is 1. The van der Waals surface area contributed by atoms with Gasteiger partial charge in [0.25, 0.3) is 5.91 Å². The van der Waals surface area contributed by atoms with Crippen LogP contribution in [0.2, 0.25) is 0 Å². The van der Waals surface area contributed by atoms with Crippen LogP contribution >= 0.6 is 0 Å². The fourth-order valence-corrected chi connectivity index (χ4v) is 1.27. The molecule has 1 amide bonds. The number of nitrogens with zero attached hydrogens (tertiary/aromatic N) is 3. The first-order valence-corrected chi connectivity index (χ1v) is 5.13. The quantitative estimate of drug-likeness (QED) is 0.763. The van der Waals surface area contributed by atoms with Gasteiger partial charge in [0, 0.05) is 6.20 Å². The molecular formula is C11H12N4O2. The normalized spacial score (nSPS) is 10.1. The van der Waals surface area contributed by atoms with Crippen molar-refractivity contribution in [2.75, 3.05) is 0 Å². The number of carbonyl (C=O) groups excluding carboxylic acids is 1. The van der Waals surface area contributed by atoms with E-state index in [1.807, 2.05) is 30.3 Å². The summed E-state index contributed by atoms with van der Waals surface area (Å²) in [7, 11) is 0. The maximum absolute atomic E-state index is 11.4. The molecule has 6 nitrogen and oxygen atoms in total. The van der Waals surface area contributed by atoms with Gasteiger partial charge >= 0.3 is 0 Å². The topological polar surface area (TPSA) is 69.0 Å². The highest BCUT2D eigenvalue weighted by Crippen LogP contribution is 1.98. The summed E-state index contributed by atoms with van der Waals surface area (Å²) in [5, 5.41) is 7.27. The van der Waals surface area contributed by atoms with Gasteiger partial charge in [-0.2, -0.15) is 0 Å². The lowest BCUT2D eigenvalue weighted by Crippen LogP contribution is -2.27. The predicted molar refractivity (Wildman–Crippen MR) is 59.4 cm³/mol. The van der Waals surface area contributed by atoms with Gasteiger partial charge in [0.1, 0.15) is 6.54 Å². The van der Waals surface area contributed by atoms with E-state index in [4.69, 9.17) is 4.84 Å². The molecule has 0 saturated heterocycles. The molecule has 2 rings (SSSR count). The Hall–Kier alpha value is -2.21. The molecular weight excluding hydrogens is 220 g/mol. The highest BCUT2D eigenvalue weighted by Gasteiger charge is 2.02. The number of nitrogens with one attached hydrogen (secondary N) is 1. The summed E-state index contributed by atoms with van der Waals surface area (Å²) in [5.41, 5.74) is 3.34. The van der Waals surface area contributed by atoms with E-state index in [-0.39, 0.29) is 12.5 Å². The monoisotopic (exact) mass is 232 g/mol. The lowest BCUT2D eigenvalue weighted by molar-refractivity contribution is -0.135. The van der Waals surface area contributed by atoms with Crippen LogP contribution in [-0.4, -0.2) is 20.9 Å². The third-order valence-corrected chi connectivity index (χ3v) is 2.05. The van der Waals surface area contributed by atoms with Crippen LogP contribution in [0.4, 0.5) is 0 Å². The number of hydroxylamine groups is 1. The minimum absolute atomic E-state index is 0.0921. The lowest BCUT2D eigenvalue weighted by atomic mass is 10.2. The van der Waals surface area contributed by atoms with Crippen molar-refractivity contribution in [3.63, 3.8) is 0 Å². The largest absolute Gasteiger partial charge is 0.271 e. The minimum Gasteiger partial charge on any atom is -0.271 e. The minimum atomic E-state index is -0.272. The van der Waals surface area contributed by atoms with E-state index in [1.165, 1.54) is 10.9 Å². The first-order valence-electron chi connectivity index (χ1n) is 5.13. The number of aromatic nitrogens is 3. The van der Waals surface area contributed by atoms with Crippen molar-refractivity contribution >= 4 is 5.91 Å². The van der Waals surface area contributed by atoms with Gasteiger partial charge in [-0.25, -0.2) is 10.2 Å². The lowest BCUT2D eigenvalue weighted by Gasteiger charge is -2.05. The number of benzene rings is 1. The van der Waals surface area contributed by atoms with Crippen molar-refractivity contribution in [1.82, 2.24) is 20.5 Å². The maximum atomic E-state index is 11.4. The van der Waals surface area contributed by atoms with Gasteiger partial charge in [-0.1, -0.05) is 35.5 Å². The molecule has 1 aromatic carbocycles. The molecule has 17 heavy (non-hydrogen) atoms. The molecule has 1 aromatic heterocycles. The molecule has 0 bridgehead atoms. The predicted octanol–water partition coefficient (Wildman–Crippen LogP) is 0.526. The van der Waals surface area contributed by atoms with Crippen molar-refractivity contribution in [3.8, 4) is 0 Å². The van der Waals surface area contributed by atoms with E-state index < -0.39 is 0 Å². The molecule has 0 aliphatic carbocycles. The molecule has 88 valence electrons. The van der Waals surface area contributed by atoms with E-state index in [2.05, 4.69) is 15.8 Å². The van der Waals surface area contributed by atoms with E-state index in [9.17, 15) is 4.79 Å². The van der Waals surface area contributed by atoms with Gasteiger partial charge in [-0.05, 0) is 5.56 Å². The van der Waals surface area contributed by atoms with E-state index in [0.717, 1.165) is 5.56 Å². The maximum Gasteiger partial charge on any atom is 0.265 e. The van der Waals surface area contributed by atoms with E-state index >= 15 is 0 Å². The summed E-state index contributed by atoms with van der Waals surface area (Å²) >= 11 is 0. The zero-order chi connectivity index (χ0) is 11.9. The molecule has 1 N–H and O–H groups in total. The van der Waals surface area contributed by atoms with Crippen LogP contribution in [-0.2, 0) is 22.8 Å². The molecule has 2 aromatic rings. The highest BCUT2D eigenvalue weighted by molar-refractivity contribution is 5.74. The molecule has 0 atom stereocenters. The summed E-state index contributed by atoms with van der Waals surface area (Å²) in [6.45, 7) is 0.429. The second-order valence-corrected chi connectivity index (χ2v) is 3.40. The van der Waals surface area contributed by atoms with Gasteiger partial charge in [0.05, 0.1) is 12.8 Å². The van der Waals surface area contributed by atoms with Crippen molar-refractivity contribution in [3.05, 3.63) is 48.3 Å². The Morgan fingerprint density at radius 1 is 1.35 bits per heavy atom. The summed E-state index contributed by atoms with van der Waals surface area (Å²) in [4.78, 5) is 16.4. The Morgan fingerprint density at radius 2 is 2.18 bits per heavy atom. The zero-order valence-corrected chi connectivity index (χ0v) is 9.11. The Bertz CT molecular complexity index is 456. The Kier molecular flexibility index (Phi) is 3.82. The van der Waals surface area contributed by atoms with Crippen LogP contribution in [0.1, 0.15) is 5.56 Å². The van der Waals surface area contributed by atoms with Gasteiger partial charge in [0.15, 0.2) is 0 Å². The molecule has 0 aliphatic heterocycles. The third-order valence-electron chi connectivity index (χ3n) is 2.05. The summed E-state index contributed by atoms with van der Waals surface area (Å²) < 4.78 is 1.42. The molecule has 0 unspecified atom stereocenters. The summed E-state index contributed by atoms with van der Waals surface area (Å²) in [6, 6.07) is 9.59. The van der Waals surface area contributed by atoms with Gasteiger partial charge in [-0.3, -0.25) is 9.63 Å². The Morgan fingerprint density at radius 3 is 2.88 bits per heavy atom. The number of carbonyl (C=O) groups is 1. The molecule has 0 aliphatic rings. The van der Waals surface area contributed by atoms with Crippen LogP contribution in [0.15, 0.2) is 42.7 Å². The van der Waals surface area contributed by atoms with Crippen LogP contribution < -0.4 is 5.48 Å². The van der Waals surface area contributed by atoms with Gasteiger partial charge in [-0.15, -0.1) is 5.10 Å². The molecule has 0 radical (unpaired) electrons. The van der Waals surface area contributed by atoms with Gasteiger partial charge in [0.2, 0.25) is 0 Å². The second kappa shape index (κ2) is 5.76. The fourth-order valence-electron chi connectivity index (χ4n) is 1.27. The van der Waals surface area contributed by atoms with Crippen molar-refractivity contribution in [2.24, 2.45) is 0 Å². The molecule has 0 spiro atoms. The SMILES string of the molecule is O=C(Cn1ccnn1)NOCc1ccccc1. The van der Waals surface area contributed by atoms with Crippen molar-refractivity contribution in [1.29, 1.82) is 0 Å². The number of rotatable bonds is 5. The van der Waals surface area contributed by atoms with Crippen LogP contribution in [0.5, 0.6) is 0 Å². The van der Waals surface area contributed by atoms with Crippen molar-refractivity contribution < 1.29 is 9.63 Å².